The number of fused-ring (bicyclic) bond motifs is 1. The van der Waals surface area contributed by atoms with Gasteiger partial charge in [-0.25, -0.2) is 8.42 Å². The molecule has 2 aliphatic rings. The van der Waals surface area contributed by atoms with Crippen molar-refractivity contribution >= 4 is 61.4 Å². The van der Waals surface area contributed by atoms with Gasteiger partial charge in [-0.3, -0.25) is 14.6 Å². The number of halogens is 2. The van der Waals surface area contributed by atoms with E-state index in [4.69, 9.17) is 28.3 Å². The van der Waals surface area contributed by atoms with E-state index in [0.717, 1.165) is 35.6 Å². The zero-order valence-corrected chi connectivity index (χ0v) is 23.5. The average molecular weight is 591 g/mol. The van der Waals surface area contributed by atoms with Gasteiger partial charge in [0.25, 0.3) is 0 Å². The summed E-state index contributed by atoms with van der Waals surface area (Å²) in [6.07, 6.45) is 8.13. The quantitative estimate of drug-likeness (QED) is 0.423. The Kier molecular flexibility index (Phi) is 9.61. The van der Waals surface area contributed by atoms with Crippen LogP contribution in [0.2, 0.25) is 5.02 Å². The molecule has 1 amide bonds. The van der Waals surface area contributed by atoms with E-state index >= 15 is 0 Å². The number of nitrogens with zero attached hydrogens (tertiary/aromatic N) is 3. The normalized spacial score (nSPS) is 18.2. The summed E-state index contributed by atoms with van der Waals surface area (Å²) in [4.78, 5) is 28.5. The number of alkyl halides is 1. The number of hydrogen-bond donors (Lipinski definition) is 1. The predicted octanol–water partition coefficient (Wildman–Crippen LogP) is 4.91. The first-order chi connectivity index (χ1) is 18.7. The molecule has 1 aliphatic heterocycles. The molecule has 0 spiro atoms. The molecule has 3 aromatic rings. The molecule has 1 unspecified atom stereocenters. The fourth-order valence-corrected chi connectivity index (χ4v) is 6.44. The summed E-state index contributed by atoms with van der Waals surface area (Å²) in [6, 6.07) is 14.5. The van der Waals surface area contributed by atoms with Gasteiger partial charge in [-0.15, -0.1) is 11.6 Å². The maximum Gasteiger partial charge on any atom is 0.318 e. The molecule has 11 heteroatoms. The van der Waals surface area contributed by atoms with Gasteiger partial charge < -0.3 is 10.0 Å². The first-order valence-electron chi connectivity index (χ1n) is 12.5. The van der Waals surface area contributed by atoms with Crippen LogP contribution in [0.4, 0.5) is 0 Å². The Bertz CT molecular complexity index is 1470. The van der Waals surface area contributed by atoms with Crippen LogP contribution in [0.1, 0.15) is 24.8 Å². The van der Waals surface area contributed by atoms with Gasteiger partial charge in [-0.05, 0) is 77.6 Å². The Morgan fingerprint density at radius 3 is 2.23 bits per heavy atom. The van der Waals surface area contributed by atoms with E-state index in [-0.39, 0.29) is 22.6 Å². The number of carbonyl (C=O) groups is 2. The lowest BCUT2D eigenvalue weighted by Crippen LogP contribution is -2.51. The van der Waals surface area contributed by atoms with Gasteiger partial charge in [-0.1, -0.05) is 29.8 Å². The zero-order chi connectivity index (χ0) is 28.0. The van der Waals surface area contributed by atoms with Crippen LogP contribution in [0.25, 0.3) is 16.3 Å². The van der Waals surface area contributed by atoms with Gasteiger partial charge in [0.1, 0.15) is 5.88 Å². The number of hydrogen-bond acceptors (Lipinski definition) is 5. The van der Waals surface area contributed by atoms with Crippen LogP contribution in [0, 0.1) is 5.92 Å². The van der Waals surface area contributed by atoms with Crippen molar-refractivity contribution < 1.29 is 23.1 Å². The second-order valence-electron chi connectivity index (χ2n) is 9.35. The fraction of sp³-hybridized carbons (Fsp3) is 0.321. The zero-order valence-electron chi connectivity index (χ0n) is 21.2. The van der Waals surface area contributed by atoms with Gasteiger partial charge in [0, 0.05) is 49.5 Å². The predicted molar refractivity (Wildman–Crippen MR) is 152 cm³/mol. The Morgan fingerprint density at radius 1 is 0.974 bits per heavy atom. The van der Waals surface area contributed by atoms with Gasteiger partial charge >= 0.3 is 5.97 Å². The molecule has 206 valence electrons. The summed E-state index contributed by atoms with van der Waals surface area (Å²) in [7, 11) is -3.63. The molecule has 1 N–H and O–H groups in total. The van der Waals surface area contributed by atoms with Crippen LogP contribution in [0.5, 0.6) is 0 Å². The topological polar surface area (TPSA) is 108 Å². The molecular formula is C28H29Cl2N3O5S. The lowest BCUT2D eigenvalue weighted by Gasteiger charge is -2.36. The lowest BCUT2D eigenvalue weighted by molar-refractivity contribution is -0.137. The Balaban J connectivity index is 0.000000648. The van der Waals surface area contributed by atoms with Crippen molar-refractivity contribution in [1.82, 2.24) is 14.2 Å². The number of benzene rings is 2. The highest BCUT2D eigenvalue weighted by molar-refractivity contribution is 7.89. The van der Waals surface area contributed by atoms with Crippen LogP contribution in [-0.2, 0) is 19.6 Å². The summed E-state index contributed by atoms with van der Waals surface area (Å²) in [5, 5.41) is 9.93. The first kappa shape index (κ1) is 29.0. The van der Waals surface area contributed by atoms with Gasteiger partial charge in [0.15, 0.2) is 0 Å². The van der Waals surface area contributed by atoms with Gasteiger partial charge in [0.2, 0.25) is 15.9 Å². The highest BCUT2D eigenvalue weighted by atomic mass is 35.5. The van der Waals surface area contributed by atoms with Crippen LogP contribution < -0.4 is 0 Å². The standard InChI is InChI=1S/C26H26ClN3O3S.C2H3ClO2/c27-24-7-5-23-18-25(8-6-22(23)17-24)34(32,33)30-15-13-29(14-16-30)26(31)21-3-1-19(2-4-21)20-9-11-28-12-10-20;3-1-2(4)5/h1,5-12,17-18,21H,2-4,13-16H2;1H2,(H,4,5). The second-order valence-corrected chi connectivity index (χ2v) is 12.0. The van der Waals surface area contributed by atoms with Gasteiger partial charge in [-0.2, -0.15) is 4.31 Å². The minimum Gasteiger partial charge on any atom is -0.480 e. The first-order valence-corrected chi connectivity index (χ1v) is 14.9. The lowest BCUT2D eigenvalue weighted by atomic mass is 9.86. The van der Waals surface area contributed by atoms with Crippen molar-refractivity contribution in [2.24, 2.45) is 5.92 Å². The third kappa shape index (κ3) is 7.16. The summed E-state index contributed by atoms with van der Waals surface area (Å²) in [5.41, 5.74) is 2.43. The number of sulfonamides is 1. The average Bonchev–Trinajstić information content (AvgIpc) is 2.97. The fourth-order valence-electron chi connectivity index (χ4n) is 4.80. The van der Waals surface area contributed by atoms with Crippen molar-refractivity contribution in [3.8, 4) is 0 Å². The number of carboxylic acid groups (broad SMARTS) is 1. The van der Waals surface area contributed by atoms with Crippen molar-refractivity contribution in [2.45, 2.75) is 24.2 Å². The highest BCUT2D eigenvalue weighted by Crippen LogP contribution is 2.31. The van der Waals surface area contributed by atoms with Crippen molar-refractivity contribution in [2.75, 3.05) is 32.1 Å². The largest absolute Gasteiger partial charge is 0.480 e. The Morgan fingerprint density at radius 2 is 1.62 bits per heavy atom. The molecule has 39 heavy (non-hydrogen) atoms. The Hall–Kier alpha value is -2.98. The summed E-state index contributed by atoms with van der Waals surface area (Å²) >= 11 is 10.8. The summed E-state index contributed by atoms with van der Waals surface area (Å²) in [6.45, 7) is 1.44. The molecular weight excluding hydrogens is 561 g/mol. The molecule has 8 nitrogen and oxygen atoms in total. The van der Waals surface area contributed by atoms with E-state index in [1.165, 1.54) is 9.88 Å². The number of rotatable bonds is 5. The molecule has 2 heterocycles. The molecule has 1 fully saturated rings. The Labute approximate surface area is 237 Å². The molecule has 1 aromatic heterocycles. The molecule has 2 aromatic carbocycles. The number of pyridine rings is 1. The number of carboxylic acids is 1. The van der Waals surface area contributed by atoms with E-state index in [2.05, 4.69) is 11.1 Å². The van der Waals surface area contributed by atoms with E-state index < -0.39 is 16.0 Å². The summed E-state index contributed by atoms with van der Waals surface area (Å²) < 4.78 is 27.9. The maximum absolute atomic E-state index is 13.2. The maximum atomic E-state index is 13.2. The van der Waals surface area contributed by atoms with E-state index in [0.29, 0.717) is 31.2 Å². The van der Waals surface area contributed by atoms with Crippen molar-refractivity contribution in [3.63, 3.8) is 0 Å². The number of aromatic nitrogens is 1. The van der Waals surface area contributed by atoms with E-state index in [1.807, 2.05) is 29.2 Å². The minimum atomic E-state index is -3.63. The third-order valence-corrected chi connectivity index (χ3v) is 9.25. The summed E-state index contributed by atoms with van der Waals surface area (Å²) in [5.74, 6) is -1.20. The molecule has 0 radical (unpaired) electrons. The molecule has 0 saturated carbocycles. The highest BCUT2D eigenvalue weighted by Gasteiger charge is 2.33. The van der Waals surface area contributed by atoms with Crippen LogP contribution in [0.3, 0.4) is 0 Å². The van der Waals surface area contributed by atoms with Crippen molar-refractivity contribution in [1.29, 1.82) is 0 Å². The number of amides is 1. The van der Waals surface area contributed by atoms with Crippen LogP contribution in [0.15, 0.2) is 71.9 Å². The third-order valence-electron chi connectivity index (χ3n) is 6.89. The van der Waals surface area contributed by atoms with E-state index in [1.54, 1.807) is 36.7 Å². The molecule has 5 rings (SSSR count). The van der Waals surface area contributed by atoms with Gasteiger partial charge in [0.05, 0.1) is 4.90 Å². The van der Waals surface area contributed by atoms with Crippen LogP contribution in [-0.4, -0.2) is 71.6 Å². The smallest absolute Gasteiger partial charge is 0.318 e. The van der Waals surface area contributed by atoms with Crippen LogP contribution >= 0.6 is 23.2 Å². The monoisotopic (exact) mass is 589 g/mol. The minimum absolute atomic E-state index is 0.0407. The van der Waals surface area contributed by atoms with E-state index in [9.17, 15) is 18.0 Å². The second kappa shape index (κ2) is 12.9. The van der Waals surface area contributed by atoms with Crippen molar-refractivity contribution in [3.05, 3.63) is 77.6 Å². The number of carbonyl (C=O) groups excluding carboxylic acids is 1. The molecule has 1 atom stereocenters. The molecule has 1 aliphatic carbocycles. The molecule has 0 bridgehead atoms. The SMILES string of the molecule is O=C(C1CC=C(c2ccncc2)CC1)N1CCN(S(=O)(=O)c2ccc3cc(Cl)ccc3c2)CC1.O=C(O)CCl. The number of piperazine rings is 1. The molecule has 1 saturated heterocycles. The number of aliphatic carboxylic acids is 1. The number of allylic oxidation sites excluding steroid dienone is 2.